The minimum atomic E-state index is -0.710. The quantitative estimate of drug-likeness (QED) is 0.285. The predicted molar refractivity (Wildman–Crippen MR) is 137 cm³/mol. The van der Waals surface area contributed by atoms with Crippen LogP contribution in [0.2, 0.25) is 0 Å². The normalized spacial score (nSPS) is 11.3. The molecule has 4 rings (SSSR count). The van der Waals surface area contributed by atoms with Gasteiger partial charge >= 0.3 is 0 Å². The van der Waals surface area contributed by atoms with Gasteiger partial charge in [-0.05, 0) is 56.9 Å². The van der Waals surface area contributed by atoms with E-state index in [-0.39, 0.29) is 5.82 Å². The Morgan fingerprint density at radius 2 is 1.89 bits per heavy atom. The van der Waals surface area contributed by atoms with E-state index < -0.39 is 11.5 Å². The Morgan fingerprint density at radius 3 is 2.67 bits per heavy atom. The number of aliphatic hydroxyl groups is 1. The second kappa shape index (κ2) is 11.1. The fourth-order valence-electron chi connectivity index (χ4n) is 3.68. The van der Waals surface area contributed by atoms with Gasteiger partial charge in [0.1, 0.15) is 23.7 Å². The first-order chi connectivity index (χ1) is 17.3. The molecule has 0 aliphatic rings. The number of rotatable bonds is 10. The van der Waals surface area contributed by atoms with Gasteiger partial charge in [0.25, 0.3) is 5.91 Å². The fourth-order valence-corrected chi connectivity index (χ4v) is 3.68. The molecule has 0 atom stereocenters. The third-order valence-corrected chi connectivity index (χ3v) is 5.56. The molecular formula is C27H30N6O3. The Kier molecular flexibility index (Phi) is 7.70. The van der Waals surface area contributed by atoms with Crippen molar-refractivity contribution in [3.8, 4) is 17.0 Å². The molecule has 0 fully saturated rings. The van der Waals surface area contributed by atoms with Gasteiger partial charge in [-0.25, -0.2) is 9.97 Å². The number of H-pyrrole nitrogens is 1. The largest absolute Gasteiger partial charge is 0.494 e. The summed E-state index contributed by atoms with van der Waals surface area (Å²) < 4.78 is 5.87. The average Bonchev–Trinajstić information content (AvgIpc) is 3.32. The number of nitrogens with zero attached hydrogens (tertiary/aromatic N) is 4. The Balaban J connectivity index is 1.42. The molecule has 3 N–H and O–H groups in total. The van der Waals surface area contributed by atoms with Crippen molar-refractivity contribution in [3.05, 3.63) is 83.7 Å². The highest BCUT2D eigenvalue weighted by Gasteiger charge is 2.15. The summed E-state index contributed by atoms with van der Waals surface area (Å²) in [6.45, 7) is 6.06. The molecule has 4 aromatic rings. The van der Waals surface area contributed by atoms with Gasteiger partial charge in [0, 0.05) is 18.1 Å². The van der Waals surface area contributed by atoms with Gasteiger partial charge in [-0.3, -0.25) is 4.79 Å². The summed E-state index contributed by atoms with van der Waals surface area (Å²) in [6, 6.07) is 17.3. The van der Waals surface area contributed by atoms with E-state index >= 15 is 0 Å². The highest BCUT2D eigenvalue weighted by Crippen LogP contribution is 2.27. The SMILES string of the molecule is Cc1ccc(OCCCC(C)(C)O)cc1-c1cc(NC(=O)c2nnc(Cc3ccccc3)[nH]2)ncn1. The minimum Gasteiger partial charge on any atom is -0.494 e. The average molecular weight is 487 g/mol. The van der Waals surface area contributed by atoms with Gasteiger partial charge in [-0.1, -0.05) is 36.4 Å². The molecule has 0 saturated carbocycles. The zero-order valence-electron chi connectivity index (χ0n) is 20.7. The molecule has 36 heavy (non-hydrogen) atoms. The molecule has 9 heteroatoms. The smallest absolute Gasteiger partial charge is 0.294 e. The van der Waals surface area contributed by atoms with Gasteiger partial charge in [0.2, 0.25) is 5.82 Å². The van der Waals surface area contributed by atoms with Crippen molar-refractivity contribution in [1.29, 1.82) is 0 Å². The number of hydrogen-bond acceptors (Lipinski definition) is 7. The number of benzene rings is 2. The van der Waals surface area contributed by atoms with E-state index in [1.165, 1.54) is 6.33 Å². The molecular weight excluding hydrogens is 456 g/mol. The van der Waals surface area contributed by atoms with Crippen LogP contribution >= 0.6 is 0 Å². The van der Waals surface area contributed by atoms with Crippen LogP contribution in [-0.2, 0) is 6.42 Å². The molecule has 0 bridgehead atoms. The maximum atomic E-state index is 12.7. The van der Waals surface area contributed by atoms with Crippen molar-refractivity contribution in [3.63, 3.8) is 0 Å². The number of ether oxygens (including phenoxy) is 1. The van der Waals surface area contributed by atoms with Crippen molar-refractivity contribution in [2.24, 2.45) is 0 Å². The molecule has 2 heterocycles. The molecule has 2 aromatic heterocycles. The number of anilines is 1. The summed E-state index contributed by atoms with van der Waals surface area (Å²) in [7, 11) is 0. The van der Waals surface area contributed by atoms with Gasteiger partial charge in [-0.15, -0.1) is 10.2 Å². The van der Waals surface area contributed by atoms with E-state index in [0.29, 0.717) is 42.5 Å². The molecule has 0 radical (unpaired) electrons. The highest BCUT2D eigenvalue weighted by molar-refractivity contribution is 6.01. The number of aromatic amines is 1. The summed E-state index contributed by atoms with van der Waals surface area (Å²) in [5, 5.41) is 20.7. The first kappa shape index (κ1) is 25.0. The number of aromatic nitrogens is 5. The van der Waals surface area contributed by atoms with Crippen LogP contribution in [0.1, 0.15) is 54.3 Å². The van der Waals surface area contributed by atoms with Crippen molar-refractivity contribution >= 4 is 11.7 Å². The molecule has 0 saturated heterocycles. The molecule has 0 aliphatic heterocycles. The predicted octanol–water partition coefficient (Wildman–Crippen LogP) is 4.34. The van der Waals surface area contributed by atoms with Crippen molar-refractivity contribution < 1.29 is 14.6 Å². The van der Waals surface area contributed by atoms with E-state index in [1.807, 2.05) is 55.5 Å². The zero-order chi connectivity index (χ0) is 25.5. The monoisotopic (exact) mass is 486 g/mol. The summed E-state index contributed by atoms with van der Waals surface area (Å²) in [5.74, 6) is 1.33. The topological polar surface area (TPSA) is 126 Å². The molecule has 1 amide bonds. The number of carbonyl (C=O) groups excluding carboxylic acids is 1. The molecule has 186 valence electrons. The Morgan fingerprint density at radius 1 is 1.08 bits per heavy atom. The lowest BCUT2D eigenvalue weighted by Gasteiger charge is -2.17. The first-order valence-electron chi connectivity index (χ1n) is 11.8. The summed E-state index contributed by atoms with van der Waals surface area (Å²) in [5.41, 5.74) is 2.90. The van der Waals surface area contributed by atoms with Gasteiger partial charge in [0.05, 0.1) is 17.9 Å². The van der Waals surface area contributed by atoms with Gasteiger partial charge in [-0.2, -0.15) is 0 Å². The maximum absolute atomic E-state index is 12.7. The lowest BCUT2D eigenvalue weighted by Crippen LogP contribution is -2.19. The number of nitrogens with one attached hydrogen (secondary N) is 2. The summed E-state index contributed by atoms with van der Waals surface area (Å²) >= 11 is 0. The number of hydrogen-bond donors (Lipinski definition) is 3. The lowest BCUT2D eigenvalue weighted by molar-refractivity contribution is 0.0641. The standard InChI is InChI=1S/C27H30N6O3/c1-18-10-11-20(36-13-7-12-27(2,3)35)15-21(18)22-16-23(29-17-28-22)31-26(34)25-30-24(32-33-25)14-19-8-5-4-6-9-19/h4-6,8-11,15-17,35H,7,12-14H2,1-3H3,(H,30,32,33)(H,28,29,31,34). The Hall–Kier alpha value is -4.11. The van der Waals surface area contributed by atoms with Crippen LogP contribution in [0.5, 0.6) is 5.75 Å². The van der Waals surface area contributed by atoms with E-state index in [2.05, 4.69) is 30.5 Å². The Labute approximate surface area is 210 Å². The molecule has 0 unspecified atom stereocenters. The fraction of sp³-hybridized carbons (Fsp3) is 0.296. The number of amides is 1. The van der Waals surface area contributed by atoms with Crippen LogP contribution in [0.4, 0.5) is 5.82 Å². The maximum Gasteiger partial charge on any atom is 0.294 e. The van der Waals surface area contributed by atoms with Crippen molar-refractivity contribution in [1.82, 2.24) is 25.1 Å². The third kappa shape index (κ3) is 6.96. The summed E-state index contributed by atoms with van der Waals surface area (Å²) in [4.78, 5) is 24.3. The van der Waals surface area contributed by atoms with E-state index in [1.54, 1.807) is 19.9 Å². The molecule has 0 spiro atoms. The Bertz CT molecular complexity index is 1310. The molecule has 9 nitrogen and oxygen atoms in total. The minimum absolute atomic E-state index is 0.110. The first-order valence-corrected chi connectivity index (χ1v) is 11.8. The second-order valence-corrected chi connectivity index (χ2v) is 9.27. The van der Waals surface area contributed by atoms with Crippen LogP contribution < -0.4 is 10.1 Å². The van der Waals surface area contributed by atoms with Crippen LogP contribution in [-0.4, -0.2) is 48.4 Å². The van der Waals surface area contributed by atoms with E-state index in [0.717, 1.165) is 23.1 Å². The number of carbonyl (C=O) groups is 1. The molecule has 0 aliphatic carbocycles. The van der Waals surface area contributed by atoms with Crippen LogP contribution in [0.15, 0.2) is 60.9 Å². The van der Waals surface area contributed by atoms with Gasteiger partial charge in [0.15, 0.2) is 0 Å². The highest BCUT2D eigenvalue weighted by atomic mass is 16.5. The van der Waals surface area contributed by atoms with Crippen molar-refractivity contribution in [2.75, 3.05) is 11.9 Å². The van der Waals surface area contributed by atoms with Crippen LogP contribution in [0.3, 0.4) is 0 Å². The second-order valence-electron chi connectivity index (χ2n) is 9.27. The zero-order valence-corrected chi connectivity index (χ0v) is 20.7. The van der Waals surface area contributed by atoms with E-state index in [4.69, 9.17) is 4.74 Å². The lowest BCUT2D eigenvalue weighted by atomic mass is 10.0. The summed E-state index contributed by atoms with van der Waals surface area (Å²) in [6.07, 6.45) is 3.35. The van der Waals surface area contributed by atoms with Crippen LogP contribution in [0.25, 0.3) is 11.3 Å². The third-order valence-electron chi connectivity index (χ3n) is 5.56. The van der Waals surface area contributed by atoms with Crippen molar-refractivity contribution in [2.45, 2.75) is 45.6 Å². The van der Waals surface area contributed by atoms with E-state index in [9.17, 15) is 9.90 Å². The van der Waals surface area contributed by atoms with Crippen LogP contribution in [0, 0.1) is 6.92 Å². The number of aryl methyl sites for hydroxylation is 1. The molecule has 2 aromatic carbocycles. The van der Waals surface area contributed by atoms with Gasteiger partial charge < -0.3 is 20.1 Å².